The second-order valence-electron chi connectivity index (χ2n) is 5.71. The minimum absolute atomic E-state index is 0.0710. The molecule has 1 amide bonds. The summed E-state index contributed by atoms with van der Waals surface area (Å²) in [7, 11) is 4.28. The fourth-order valence-corrected chi connectivity index (χ4v) is 2.28. The van der Waals surface area contributed by atoms with Gasteiger partial charge >= 0.3 is 6.18 Å². The Bertz CT molecular complexity index is 760. The summed E-state index contributed by atoms with van der Waals surface area (Å²) < 4.78 is 43.7. The Balaban J connectivity index is 2.20. The summed E-state index contributed by atoms with van der Waals surface area (Å²) in [5, 5.41) is 7.76. The first-order chi connectivity index (χ1) is 12.7. The molecule has 0 aliphatic heterocycles. The van der Waals surface area contributed by atoms with Crippen LogP contribution in [0, 0.1) is 0 Å². The van der Waals surface area contributed by atoms with Crippen LogP contribution >= 0.6 is 0 Å². The van der Waals surface area contributed by atoms with Crippen molar-refractivity contribution >= 4 is 11.7 Å². The highest BCUT2D eigenvalue weighted by atomic mass is 19.4. The second-order valence-corrected chi connectivity index (χ2v) is 5.71. The first-order valence-electron chi connectivity index (χ1n) is 8.06. The monoisotopic (exact) mass is 386 g/mol. The number of carbonyl (C=O) groups excluding carboxylic acids is 1. The summed E-state index contributed by atoms with van der Waals surface area (Å²) in [4.78, 5) is 17.2. The van der Waals surface area contributed by atoms with Crippen molar-refractivity contribution in [3.63, 3.8) is 0 Å². The molecule has 27 heavy (non-hydrogen) atoms. The summed E-state index contributed by atoms with van der Waals surface area (Å²) in [5.74, 6) is 0.251. The number of nitrogens with one attached hydrogen (secondary N) is 1. The van der Waals surface area contributed by atoms with Gasteiger partial charge in [-0.05, 0) is 17.7 Å². The number of alkyl halides is 3. The number of amides is 1. The quantitative estimate of drug-likeness (QED) is 0.707. The number of hydrogen-bond donors (Lipinski definition) is 1. The average molecular weight is 386 g/mol. The van der Waals surface area contributed by atoms with Gasteiger partial charge in [0.25, 0.3) is 5.91 Å². The van der Waals surface area contributed by atoms with Gasteiger partial charge in [-0.3, -0.25) is 14.3 Å². The predicted octanol–water partition coefficient (Wildman–Crippen LogP) is 2.94. The van der Waals surface area contributed by atoms with Crippen LogP contribution in [-0.4, -0.2) is 54.7 Å². The number of carbonyl (C=O) groups is 1. The third-order valence-corrected chi connectivity index (χ3v) is 3.76. The molecular formula is C17H21F3N4O3. The standard InChI is InChI=1S/C17H21F3N4O3/c1-23(27-3)16(25)14-11-24(10-12-4-6-13(26-2)7-5-12)22-15(14)21-9-8-17(18,19)20/h4-7,11H,8-10H2,1-3H3,(H,21,22). The highest BCUT2D eigenvalue weighted by Crippen LogP contribution is 2.21. The van der Waals surface area contributed by atoms with E-state index >= 15 is 0 Å². The number of halogens is 3. The average Bonchev–Trinajstić information content (AvgIpc) is 3.02. The molecule has 1 aromatic heterocycles. The van der Waals surface area contributed by atoms with Crippen LogP contribution < -0.4 is 10.1 Å². The zero-order valence-corrected chi connectivity index (χ0v) is 15.2. The minimum Gasteiger partial charge on any atom is -0.497 e. The zero-order valence-electron chi connectivity index (χ0n) is 15.2. The summed E-state index contributed by atoms with van der Waals surface area (Å²) >= 11 is 0. The van der Waals surface area contributed by atoms with Crippen LogP contribution in [0.1, 0.15) is 22.3 Å². The van der Waals surface area contributed by atoms with Gasteiger partial charge in [-0.1, -0.05) is 12.1 Å². The highest BCUT2D eigenvalue weighted by molar-refractivity contribution is 5.97. The van der Waals surface area contributed by atoms with Crippen molar-refractivity contribution < 1.29 is 27.5 Å². The predicted molar refractivity (Wildman–Crippen MR) is 92.6 cm³/mol. The van der Waals surface area contributed by atoms with Crippen LogP contribution in [0.15, 0.2) is 30.5 Å². The Hall–Kier alpha value is -2.75. The zero-order chi connectivity index (χ0) is 20.0. The number of aromatic nitrogens is 2. The molecule has 0 saturated heterocycles. The van der Waals surface area contributed by atoms with E-state index in [9.17, 15) is 18.0 Å². The van der Waals surface area contributed by atoms with Gasteiger partial charge in [-0.25, -0.2) is 5.06 Å². The van der Waals surface area contributed by atoms with E-state index in [4.69, 9.17) is 9.57 Å². The summed E-state index contributed by atoms with van der Waals surface area (Å²) in [6.07, 6.45) is -3.86. The summed E-state index contributed by atoms with van der Waals surface area (Å²) in [6.45, 7) is -0.0536. The molecule has 0 spiro atoms. The molecule has 1 aromatic carbocycles. The Labute approximate surface area is 154 Å². The maximum atomic E-state index is 12.4. The number of benzene rings is 1. The van der Waals surface area contributed by atoms with Crippen LogP contribution in [0.4, 0.5) is 19.0 Å². The smallest absolute Gasteiger partial charge is 0.390 e. The van der Waals surface area contributed by atoms with E-state index in [1.807, 2.05) is 12.1 Å². The molecule has 0 aliphatic carbocycles. The molecule has 0 unspecified atom stereocenters. The highest BCUT2D eigenvalue weighted by Gasteiger charge is 2.27. The molecule has 10 heteroatoms. The van der Waals surface area contributed by atoms with Crippen LogP contribution in [-0.2, 0) is 11.4 Å². The van der Waals surface area contributed by atoms with E-state index in [-0.39, 0.29) is 17.9 Å². The lowest BCUT2D eigenvalue weighted by atomic mass is 10.2. The third-order valence-electron chi connectivity index (χ3n) is 3.76. The van der Waals surface area contributed by atoms with Crippen molar-refractivity contribution in [1.82, 2.24) is 14.8 Å². The van der Waals surface area contributed by atoms with Gasteiger partial charge in [0.1, 0.15) is 11.3 Å². The van der Waals surface area contributed by atoms with E-state index in [0.717, 1.165) is 10.6 Å². The Morgan fingerprint density at radius 3 is 2.48 bits per heavy atom. The molecule has 7 nitrogen and oxygen atoms in total. The van der Waals surface area contributed by atoms with Crippen LogP contribution in [0.5, 0.6) is 5.75 Å². The van der Waals surface area contributed by atoms with E-state index < -0.39 is 18.5 Å². The maximum absolute atomic E-state index is 12.4. The summed E-state index contributed by atoms with van der Waals surface area (Å²) in [5.41, 5.74) is 1.01. The molecule has 0 fully saturated rings. The van der Waals surface area contributed by atoms with Crippen molar-refractivity contribution in [3.8, 4) is 5.75 Å². The molecule has 0 aliphatic rings. The molecule has 148 valence electrons. The molecule has 2 rings (SSSR count). The van der Waals surface area contributed by atoms with Crippen molar-refractivity contribution in [2.45, 2.75) is 19.1 Å². The minimum atomic E-state index is -4.30. The molecule has 0 atom stereocenters. The lowest BCUT2D eigenvalue weighted by molar-refractivity contribution is -0.131. The maximum Gasteiger partial charge on any atom is 0.390 e. The van der Waals surface area contributed by atoms with Gasteiger partial charge in [0.15, 0.2) is 5.82 Å². The van der Waals surface area contributed by atoms with Gasteiger partial charge in [-0.15, -0.1) is 0 Å². The fraction of sp³-hybridized carbons (Fsp3) is 0.412. The number of nitrogens with zero attached hydrogens (tertiary/aromatic N) is 3. The van der Waals surface area contributed by atoms with E-state index in [1.54, 1.807) is 19.2 Å². The summed E-state index contributed by atoms with van der Waals surface area (Å²) in [6, 6.07) is 7.23. The topological polar surface area (TPSA) is 68.6 Å². The lowest BCUT2D eigenvalue weighted by Crippen LogP contribution is -2.26. The number of hydrogen-bond acceptors (Lipinski definition) is 5. The lowest BCUT2D eigenvalue weighted by Gasteiger charge is -2.13. The van der Waals surface area contributed by atoms with Crippen LogP contribution in [0.25, 0.3) is 0 Å². The van der Waals surface area contributed by atoms with Crippen molar-refractivity contribution in [1.29, 1.82) is 0 Å². The molecule has 1 heterocycles. The molecule has 0 bridgehead atoms. The normalized spacial score (nSPS) is 11.3. The van der Waals surface area contributed by atoms with Crippen LogP contribution in [0.3, 0.4) is 0 Å². The first kappa shape index (κ1) is 20.6. The Morgan fingerprint density at radius 2 is 1.93 bits per heavy atom. The van der Waals surface area contributed by atoms with Gasteiger partial charge in [0, 0.05) is 19.8 Å². The third kappa shape index (κ3) is 5.88. The number of hydroxylamine groups is 2. The van der Waals surface area contributed by atoms with Crippen molar-refractivity contribution in [2.75, 3.05) is 33.1 Å². The van der Waals surface area contributed by atoms with Gasteiger partial charge in [0.05, 0.1) is 27.2 Å². The second kappa shape index (κ2) is 8.76. The molecular weight excluding hydrogens is 365 g/mol. The van der Waals surface area contributed by atoms with Crippen molar-refractivity contribution in [2.24, 2.45) is 0 Å². The molecule has 2 aromatic rings. The number of anilines is 1. The Morgan fingerprint density at radius 1 is 1.26 bits per heavy atom. The number of rotatable bonds is 8. The van der Waals surface area contributed by atoms with E-state index in [2.05, 4.69) is 10.4 Å². The Kier molecular flexibility index (Phi) is 6.67. The number of ether oxygens (including phenoxy) is 1. The SMILES string of the molecule is COc1ccc(Cn2cc(C(=O)N(C)OC)c(NCCC(F)(F)F)n2)cc1. The van der Waals surface area contributed by atoms with E-state index in [1.165, 1.54) is 25.0 Å². The molecule has 0 radical (unpaired) electrons. The first-order valence-corrected chi connectivity index (χ1v) is 8.06. The largest absolute Gasteiger partial charge is 0.497 e. The molecule has 0 saturated carbocycles. The fourth-order valence-electron chi connectivity index (χ4n) is 2.28. The van der Waals surface area contributed by atoms with Gasteiger partial charge in [0.2, 0.25) is 0 Å². The van der Waals surface area contributed by atoms with Crippen molar-refractivity contribution in [3.05, 3.63) is 41.6 Å². The van der Waals surface area contributed by atoms with Crippen LogP contribution in [0.2, 0.25) is 0 Å². The molecule has 1 N–H and O–H groups in total. The van der Waals surface area contributed by atoms with Gasteiger partial charge in [-0.2, -0.15) is 18.3 Å². The van der Waals surface area contributed by atoms with E-state index in [0.29, 0.717) is 12.3 Å². The number of methoxy groups -OCH3 is 1. The van der Waals surface area contributed by atoms with Gasteiger partial charge < -0.3 is 10.1 Å².